The predicted molar refractivity (Wildman–Crippen MR) is 27.6 cm³/mol. The van der Waals surface area contributed by atoms with Gasteiger partial charge in [0, 0.05) is 0 Å². The average Bonchev–Trinajstić information content (AvgIpc) is 1.89. The van der Waals surface area contributed by atoms with Crippen LogP contribution >= 0.6 is 0 Å². The molecule has 0 fully saturated rings. The Balaban J connectivity index is 2.74. The van der Waals surface area contributed by atoms with Gasteiger partial charge in [0.25, 0.3) is 0 Å². The molecule has 0 aromatic rings. The molecule has 0 amide bonds. The van der Waals surface area contributed by atoms with Gasteiger partial charge in [-0.25, -0.2) is 0 Å². The second-order valence-corrected chi connectivity index (χ2v) is 4.12. The molecule has 0 spiro atoms. The van der Waals surface area contributed by atoms with Crippen LogP contribution in [0.1, 0.15) is 0 Å². The van der Waals surface area contributed by atoms with Gasteiger partial charge in [-0.2, -0.15) is 0 Å². The number of hydrogen-bond donors (Lipinski definition) is 0. The van der Waals surface area contributed by atoms with Crippen molar-refractivity contribution in [2.45, 2.75) is 0 Å². The first-order valence-corrected chi connectivity index (χ1v) is 5.28. The maximum atomic E-state index is 9.66. The summed E-state index contributed by atoms with van der Waals surface area (Å²) in [4.78, 5) is 0. The zero-order valence-electron chi connectivity index (χ0n) is 4.20. The first kappa shape index (κ1) is 9.66. The van der Waals surface area contributed by atoms with E-state index in [0.717, 1.165) is 0 Å². The zero-order valence-corrected chi connectivity index (χ0v) is 8.51. The third-order valence-electron chi connectivity index (χ3n) is 0.276. The van der Waals surface area contributed by atoms with Gasteiger partial charge in [-0.15, -0.1) is 0 Å². The van der Waals surface area contributed by atoms with Crippen molar-refractivity contribution in [2.24, 2.45) is 0 Å². The summed E-state index contributed by atoms with van der Waals surface area (Å²) in [5, 5.41) is 0. The van der Waals surface area contributed by atoms with Crippen LogP contribution < -0.4 is 0 Å². The van der Waals surface area contributed by atoms with Gasteiger partial charge < -0.3 is 0 Å². The van der Waals surface area contributed by atoms with Crippen LogP contribution in [0.15, 0.2) is 0 Å². The summed E-state index contributed by atoms with van der Waals surface area (Å²) in [5.41, 5.74) is 0. The van der Waals surface area contributed by atoms with Crippen LogP contribution in [0.4, 0.5) is 0 Å². The molecule has 44 valence electrons. The zero-order chi connectivity index (χ0) is 6.95. The molecule has 4 radical (unpaired) electrons. The fourth-order valence-corrected chi connectivity index (χ4v) is 1.81. The van der Waals surface area contributed by atoms with Crippen LogP contribution in [-0.4, -0.2) is 51.0 Å². The van der Waals surface area contributed by atoms with Gasteiger partial charge in [-0.3, -0.25) is 0 Å². The molecule has 0 saturated carbocycles. The molecule has 0 aliphatic heterocycles. The number of rotatable bonds is 6. The van der Waals surface area contributed by atoms with Crippen LogP contribution in [-0.2, 0) is 18.7 Å². The van der Waals surface area contributed by atoms with Gasteiger partial charge in [0.05, 0.1) is 0 Å². The fourth-order valence-electron chi connectivity index (χ4n) is 0.104. The summed E-state index contributed by atoms with van der Waals surface area (Å²) in [7, 11) is -0.543. The Morgan fingerprint density at radius 3 is 1.78 bits per heavy atom. The van der Waals surface area contributed by atoms with Crippen molar-refractivity contribution in [1.29, 1.82) is 0 Å². The quantitative estimate of drug-likeness (QED) is 0.359. The minimum absolute atomic E-state index is 0.272. The Hall–Kier alpha value is 0.659. The normalized spacial score (nSPS) is 7.11. The summed E-state index contributed by atoms with van der Waals surface area (Å²) in [6.45, 7) is 0. The summed E-state index contributed by atoms with van der Waals surface area (Å²) in [5.74, 6) is 0. The molecule has 0 saturated heterocycles. The molecule has 0 aromatic carbocycles. The van der Waals surface area contributed by atoms with Crippen molar-refractivity contribution in [2.75, 3.05) is 0 Å². The van der Waals surface area contributed by atoms with Gasteiger partial charge >= 0.3 is 69.7 Å². The molecule has 9 heteroatoms. The Kier molecular flexibility index (Phi) is 9.29. The van der Waals surface area contributed by atoms with Crippen molar-refractivity contribution in [1.82, 2.24) is 0 Å². The number of hydrogen-bond acceptors (Lipinski definition) is 5. The molecule has 0 aliphatic carbocycles. The second-order valence-electron chi connectivity index (χ2n) is 0.697. The topological polar surface area (TPSA) is 61.8 Å². The van der Waals surface area contributed by atoms with E-state index in [9.17, 15) is 7.61 Å². The molecular weight excluding hydrogens is 190 g/mol. The van der Waals surface area contributed by atoms with Gasteiger partial charge in [0.1, 0.15) is 0 Å². The fraction of sp³-hybridized carbons (Fsp3) is 0. The van der Waals surface area contributed by atoms with E-state index >= 15 is 0 Å². The van der Waals surface area contributed by atoms with Crippen LogP contribution in [0.3, 0.4) is 0 Å². The standard InChI is InChI=1S/2Al.O3Si2.2O/c;;1-4-3-5-2;;/q2*+1;-2;;. The van der Waals surface area contributed by atoms with Crippen molar-refractivity contribution in [3.63, 3.8) is 0 Å². The monoisotopic (exact) mass is 190 g/mol. The average molecular weight is 190 g/mol. The molecular formula is Al2O5Si2. The first-order valence-electron chi connectivity index (χ1n) is 1.76. The van der Waals surface area contributed by atoms with Crippen LogP contribution in [0, 0.1) is 0 Å². The summed E-state index contributed by atoms with van der Waals surface area (Å²) in [6, 6.07) is 0. The molecule has 0 N–H and O–H groups in total. The molecule has 9 heavy (non-hydrogen) atoms. The van der Waals surface area contributed by atoms with E-state index in [2.05, 4.69) is 11.1 Å². The van der Waals surface area contributed by atoms with Crippen molar-refractivity contribution >= 4 is 51.0 Å². The van der Waals surface area contributed by atoms with Gasteiger partial charge in [0.2, 0.25) is 0 Å². The molecule has 0 unspecified atom stereocenters. The Bertz CT molecular complexity index is 75.0. The SMILES string of the molecule is [O]=[Al][O][Si]O[Si][O][Al]=[O]. The van der Waals surface area contributed by atoms with E-state index in [-0.39, 0.29) is 20.0 Å². The third-order valence-corrected chi connectivity index (χ3v) is 2.48. The van der Waals surface area contributed by atoms with E-state index < -0.39 is 31.0 Å². The van der Waals surface area contributed by atoms with Gasteiger partial charge in [-0.05, 0) is 0 Å². The van der Waals surface area contributed by atoms with Crippen LogP contribution in [0.25, 0.3) is 0 Å². The first-order chi connectivity index (χ1) is 4.41. The van der Waals surface area contributed by atoms with Crippen molar-refractivity contribution in [3.05, 3.63) is 0 Å². The predicted octanol–water partition coefficient (Wildman–Crippen LogP) is -1.97. The van der Waals surface area contributed by atoms with Crippen molar-refractivity contribution in [3.8, 4) is 0 Å². The second kappa shape index (κ2) is 8.66. The molecule has 5 nitrogen and oxygen atoms in total. The van der Waals surface area contributed by atoms with E-state index in [1.807, 2.05) is 0 Å². The molecule has 0 bridgehead atoms. The Morgan fingerprint density at radius 2 is 1.44 bits per heavy atom. The Labute approximate surface area is 69.7 Å². The van der Waals surface area contributed by atoms with E-state index in [1.165, 1.54) is 0 Å². The molecule has 0 heterocycles. The van der Waals surface area contributed by atoms with Crippen molar-refractivity contribution < 1.29 is 18.7 Å². The third kappa shape index (κ3) is 8.66. The van der Waals surface area contributed by atoms with Crippen LogP contribution in [0.5, 0.6) is 0 Å². The molecule has 0 rings (SSSR count). The van der Waals surface area contributed by atoms with Crippen LogP contribution in [0.2, 0.25) is 0 Å². The maximum absolute atomic E-state index is 9.66. The van der Waals surface area contributed by atoms with Gasteiger partial charge in [0.15, 0.2) is 0 Å². The van der Waals surface area contributed by atoms with E-state index in [0.29, 0.717) is 0 Å². The summed E-state index contributed by atoms with van der Waals surface area (Å²) < 4.78 is 32.6. The minimum atomic E-state index is -1.21. The van der Waals surface area contributed by atoms with Gasteiger partial charge in [-0.1, -0.05) is 0 Å². The summed E-state index contributed by atoms with van der Waals surface area (Å²) >= 11 is -2.42. The molecule has 0 atom stereocenters. The summed E-state index contributed by atoms with van der Waals surface area (Å²) in [6.07, 6.45) is 0. The van der Waals surface area contributed by atoms with E-state index in [1.54, 1.807) is 0 Å². The molecule has 0 aliphatic rings. The Morgan fingerprint density at radius 1 is 1.00 bits per heavy atom. The molecule has 0 aromatic heterocycles. The van der Waals surface area contributed by atoms with E-state index in [4.69, 9.17) is 0 Å².